The number of para-hydroxylation sites is 1. The van der Waals surface area contributed by atoms with E-state index >= 15 is 0 Å². The number of benzene rings is 1. The summed E-state index contributed by atoms with van der Waals surface area (Å²) in [6, 6.07) is 12.2. The topological polar surface area (TPSA) is 38.9 Å². The number of rotatable bonds is 1. The predicted octanol–water partition coefficient (Wildman–Crippen LogP) is 3.70. The van der Waals surface area contributed by atoms with Crippen molar-refractivity contribution in [1.29, 1.82) is 0 Å². The first-order valence-corrected chi connectivity index (χ1v) is 5.60. The molecule has 2 N–H and O–H groups in total. The molecule has 0 bridgehead atoms. The van der Waals surface area contributed by atoms with E-state index in [-0.39, 0.29) is 23.9 Å². The van der Waals surface area contributed by atoms with Crippen molar-refractivity contribution in [1.82, 2.24) is 4.98 Å². The molecule has 2 rings (SSSR count). The molecule has 2 nitrogen and oxygen atoms in total. The summed E-state index contributed by atoms with van der Waals surface area (Å²) in [6.07, 6.45) is 0. The van der Waals surface area contributed by atoms with Crippen molar-refractivity contribution in [3.05, 3.63) is 42.1 Å². The minimum Gasteiger partial charge on any atom is -0.322 e. The highest BCUT2D eigenvalue weighted by molar-refractivity contribution is 5.85. The quantitative estimate of drug-likeness (QED) is 0.838. The van der Waals surface area contributed by atoms with Gasteiger partial charge in [0.25, 0.3) is 0 Å². The maximum Gasteiger partial charge on any atom is 0.0706 e. The Kier molecular flexibility index (Phi) is 4.12. The van der Waals surface area contributed by atoms with Crippen LogP contribution in [0.5, 0.6) is 0 Å². The molecule has 1 atom stereocenters. The Hall–Kier alpha value is -1.12. The summed E-state index contributed by atoms with van der Waals surface area (Å²) in [7, 11) is 0. The molecule has 0 unspecified atom stereocenters. The van der Waals surface area contributed by atoms with E-state index in [9.17, 15) is 0 Å². The normalized spacial score (nSPS) is 13.2. The summed E-state index contributed by atoms with van der Waals surface area (Å²) in [5.41, 5.74) is 8.22. The van der Waals surface area contributed by atoms with Crippen LogP contribution in [0.1, 0.15) is 32.5 Å². The number of hydrogen-bond donors (Lipinski definition) is 1. The molecule has 3 heteroatoms. The molecule has 0 amide bonds. The van der Waals surface area contributed by atoms with E-state index in [2.05, 4.69) is 37.9 Å². The van der Waals surface area contributed by atoms with E-state index < -0.39 is 0 Å². The minimum atomic E-state index is -0.0305. The van der Waals surface area contributed by atoms with E-state index in [0.717, 1.165) is 16.6 Å². The van der Waals surface area contributed by atoms with Crippen LogP contribution in [0.25, 0.3) is 10.9 Å². The van der Waals surface area contributed by atoms with Gasteiger partial charge in [-0.2, -0.15) is 0 Å². The van der Waals surface area contributed by atoms with Gasteiger partial charge < -0.3 is 5.73 Å². The molecule has 92 valence electrons. The largest absolute Gasteiger partial charge is 0.322 e. The Morgan fingerprint density at radius 3 is 2.35 bits per heavy atom. The molecule has 1 aromatic heterocycles. The number of aromatic nitrogens is 1. The van der Waals surface area contributed by atoms with Gasteiger partial charge in [-0.25, -0.2) is 0 Å². The van der Waals surface area contributed by atoms with Crippen LogP contribution >= 0.6 is 12.4 Å². The van der Waals surface area contributed by atoms with Crippen molar-refractivity contribution in [2.75, 3.05) is 0 Å². The lowest BCUT2D eigenvalue weighted by atomic mass is 9.85. The molecule has 17 heavy (non-hydrogen) atoms. The summed E-state index contributed by atoms with van der Waals surface area (Å²) in [5.74, 6) is 0. The minimum absolute atomic E-state index is 0. The molecule has 0 radical (unpaired) electrons. The first-order chi connectivity index (χ1) is 7.48. The van der Waals surface area contributed by atoms with Crippen molar-refractivity contribution >= 4 is 23.3 Å². The van der Waals surface area contributed by atoms with Gasteiger partial charge in [0, 0.05) is 5.39 Å². The van der Waals surface area contributed by atoms with Crippen molar-refractivity contribution in [3.63, 3.8) is 0 Å². The smallest absolute Gasteiger partial charge is 0.0706 e. The van der Waals surface area contributed by atoms with E-state index in [0.29, 0.717) is 0 Å². The van der Waals surface area contributed by atoms with Crippen LogP contribution in [0.3, 0.4) is 0 Å². The highest BCUT2D eigenvalue weighted by Gasteiger charge is 2.23. The number of nitrogens with zero attached hydrogens (tertiary/aromatic N) is 1. The number of fused-ring (bicyclic) bond motifs is 1. The van der Waals surface area contributed by atoms with Crippen molar-refractivity contribution in [2.45, 2.75) is 26.8 Å². The van der Waals surface area contributed by atoms with Crippen LogP contribution in [-0.2, 0) is 0 Å². The summed E-state index contributed by atoms with van der Waals surface area (Å²) in [6.45, 7) is 6.40. The number of hydrogen-bond acceptors (Lipinski definition) is 2. The molecule has 1 aromatic carbocycles. The lowest BCUT2D eigenvalue weighted by molar-refractivity contribution is 0.322. The summed E-state index contributed by atoms with van der Waals surface area (Å²) >= 11 is 0. The Bertz CT molecular complexity index is 503. The van der Waals surface area contributed by atoms with Gasteiger partial charge in [-0.05, 0) is 17.5 Å². The second kappa shape index (κ2) is 5.03. The van der Waals surface area contributed by atoms with Crippen LogP contribution in [-0.4, -0.2) is 4.98 Å². The van der Waals surface area contributed by atoms with Crippen molar-refractivity contribution < 1.29 is 0 Å². The lowest BCUT2D eigenvalue weighted by Crippen LogP contribution is -2.27. The number of pyridine rings is 1. The number of nitrogens with two attached hydrogens (primary N) is 1. The van der Waals surface area contributed by atoms with Gasteiger partial charge in [-0.1, -0.05) is 45.0 Å². The molecular weight excluding hydrogens is 232 g/mol. The first-order valence-electron chi connectivity index (χ1n) is 5.60. The first kappa shape index (κ1) is 13.9. The molecule has 1 heterocycles. The average Bonchev–Trinajstić information content (AvgIpc) is 2.26. The number of halogens is 1. The molecular formula is C14H19ClN2. The van der Waals surface area contributed by atoms with Gasteiger partial charge in [0.2, 0.25) is 0 Å². The monoisotopic (exact) mass is 250 g/mol. The van der Waals surface area contributed by atoms with Gasteiger partial charge in [0.15, 0.2) is 0 Å². The summed E-state index contributed by atoms with van der Waals surface area (Å²) in [5, 5.41) is 1.16. The molecule has 0 fully saturated rings. The molecule has 0 aliphatic heterocycles. The van der Waals surface area contributed by atoms with E-state index in [1.807, 2.05) is 24.3 Å². The van der Waals surface area contributed by atoms with Crippen LogP contribution in [0.2, 0.25) is 0 Å². The van der Waals surface area contributed by atoms with Gasteiger partial charge in [-0.3, -0.25) is 4.98 Å². The SMILES string of the molecule is CC(C)(C)[C@@H](N)c1ccc2ccccc2n1.Cl. The van der Waals surface area contributed by atoms with Crippen molar-refractivity contribution in [3.8, 4) is 0 Å². The third-order valence-electron chi connectivity index (χ3n) is 2.87. The maximum absolute atomic E-state index is 6.20. The fourth-order valence-corrected chi connectivity index (χ4v) is 1.70. The van der Waals surface area contributed by atoms with Gasteiger partial charge in [-0.15, -0.1) is 12.4 Å². The molecule has 0 saturated carbocycles. The van der Waals surface area contributed by atoms with Gasteiger partial charge in [0.1, 0.15) is 0 Å². The average molecular weight is 251 g/mol. The zero-order chi connectivity index (χ0) is 11.8. The zero-order valence-corrected chi connectivity index (χ0v) is 11.3. The standard InChI is InChI=1S/C14H18N2.ClH/c1-14(2,3)13(15)12-9-8-10-6-4-5-7-11(10)16-12;/h4-9,13H,15H2,1-3H3;1H/t13-;/m0./s1. The van der Waals surface area contributed by atoms with E-state index in [4.69, 9.17) is 5.73 Å². The molecule has 0 aliphatic rings. The van der Waals surface area contributed by atoms with Gasteiger partial charge >= 0.3 is 0 Å². The molecule has 2 aromatic rings. The highest BCUT2D eigenvalue weighted by atomic mass is 35.5. The molecule has 0 saturated heterocycles. The fourth-order valence-electron chi connectivity index (χ4n) is 1.70. The molecule has 0 spiro atoms. The second-order valence-electron chi connectivity index (χ2n) is 5.27. The summed E-state index contributed by atoms with van der Waals surface area (Å²) in [4.78, 5) is 4.62. The third-order valence-corrected chi connectivity index (χ3v) is 2.87. The Morgan fingerprint density at radius 2 is 1.71 bits per heavy atom. The summed E-state index contributed by atoms with van der Waals surface area (Å²) < 4.78 is 0. The van der Waals surface area contributed by atoms with Crippen molar-refractivity contribution in [2.24, 2.45) is 11.1 Å². The Morgan fingerprint density at radius 1 is 1.06 bits per heavy atom. The second-order valence-corrected chi connectivity index (χ2v) is 5.27. The predicted molar refractivity (Wildman–Crippen MR) is 75.4 cm³/mol. The third kappa shape index (κ3) is 2.96. The van der Waals surface area contributed by atoms with Gasteiger partial charge in [0.05, 0.1) is 17.3 Å². The van der Waals surface area contributed by atoms with E-state index in [1.54, 1.807) is 0 Å². The lowest BCUT2D eigenvalue weighted by Gasteiger charge is -2.26. The Labute approximate surface area is 109 Å². The highest BCUT2D eigenvalue weighted by Crippen LogP contribution is 2.29. The Balaban J connectivity index is 0.00000144. The molecule has 0 aliphatic carbocycles. The van der Waals surface area contributed by atoms with Crippen LogP contribution < -0.4 is 5.73 Å². The fraction of sp³-hybridized carbons (Fsp3) is 0.357. The zero-order valence-electron chi connectivity index (χ0n) is 10.5. The van der Waals surface area contributed by atoms with Crippen LogP contribution in [0.15, 0.2) is 36.4 Å². The maximum atomic E-state index is 6.20. The van der Waals surface area contributed by atoms with E-state index in [1.165, 1.54) is 0 Å². The van der Waals surface area contributed by atoms with Crippen LogP contribution in [0.4, 0.5) is 0 Å². The van der Waals surface area contributed by atoms with Crippen LogP contribution in [0, 0.1) is 5.41 Å².